The van der Waals surface area contributed by atoms with Crippen molar-refractivity contribution < 1.29 is 9.90 Å². The zero-order valence-corrected chi connectivity index (χ0v) is 10.1. The largest absolute Gasteiger partial charge is 0.481 e. The standard InChI is InChI=1S/C12H12Cl2O2/c13-6-2-1-3-9-4-5-10(8-12(15)16)11(14)7-9/h1,3-5,7H,2,6,8H2,(H,15,16). The third-order valence-electron chi connectivity index (χ3n) is 2.00. The van der Waals surface area contributed by atoms with Crippen molar-refractivity contribution in [3.05, 3.63) is 40.4 Å². The van der Waals surface area contributed by atoms with Gasteiger partial charge in [-0.2, -0.15) is 0 Å². The van der Waals surface area contributed by atoms with E-state index >= 15 is 0 Å². The van der Waals surface area contributed by atoms with Crippen molar-refractivity contribution in [2.75, 3.05) is 5.88 Å². The van der Waals surface area contributed by atoms with Gasteiger partial charge in [0.15, 0.2) is 0 Å². The van der Waals surface area contributed by atoms with E-state index in [0.29, 0.717) is 16.5 Å². The maximum Gasteiger partial charge on any atom is 0.307 e. The maximum absolute atomic E-state index is 10.5. The first-order valence-electron chi connectivity index (χ1n) is 4.86. The fourth-order valence-corrected chi connectivity index (χ4v) is 1.64. The monoisotopic (exact) mass is 258 g/mol. The Hall–Kier alpha value is -0.990. The number of hydrogen-bond donors (Lipinski definition) is 1. The second-order valence-electron chi connectivity index (χ2n) is 3.30. The van der Waals surface area contributed by atoms with Crippen molar-refractivity contribution in [3.8, 4) is 0 Å². The number of carboxylic acid groups (broad SMARTS) is 1. The van der Waals surface area contributed by atoms with Crippen LogP contribution >= 0.6 is 23.2 Å². The maximum atomic E-state index is 10.5. The van der Waals surface area contributed by atoms with Crippen molar-refractivity contribution in [2.45, 2.75) is 12.8 Å². The van der Waals surface area contributed by atoms with Gasteiger partial charge in [0.2, 0.25) is 0 Å². The number of hydrogen-bond acceptors (Lipinski definition) is 1. The van der Waals surface area contributed by atoms with E-state index < -0.39 is 5.97 Å². The van der Waals surface area contributed by atoms with E-state index in [1.54, 1.807) is 12.1 Å². The van der Waals surface area contributed by atoms with Crippen molar-refractivity contribution >= 4 is 35.2 Å². The predicted molar refractivity (Wildman–Crippen MR) is 67.2 cm³/mol. The molecule has 4 heteroatoms. The molecule has 0 radical (unpaired) electrons. The molecule has 0 saturated carbocycles. The number of carboxylic acids is 1. The van der Waals surface area contributed by atoms with Crippen LogP contribution in [0.1, 0.15) is 17.5 Å². The van der Waals surface area contributed by atoms with E-state index in [0.717, 1.165) is 12.0 Å². The Balaban J connectivity index is 2.78. The zero-order chi connectivity index (χ0) is 12.0. The summed E-state index contributed by atoms with van der Waals surface area (Å²) in [5, 5.41) is 9.13. The van der Waals surface area contributed by atoms with E-state index in [4.69, 9.17) is 28.3 Å². The van der Waals surface area contributed by atoms with Crippen molar-refractivity contribution in [1.82, 2.24) is 0 Å². The molecule has 0 aromatic heterocycles. The first-order chi connectivity index (χ1) is 7.63. The molecular weight excluding hydrogens is 247 g/mol. The SMILES string of the molecule is O=C(O)Cc1ccc(C=CCCCl)cc1Cl. The van der Waals surface area contributed by atoms with Crippen LogP contribution in [-0.2, 0) is 11.2 Å². The molecule has 0 unspecified atom stereocenters. The Morgan fingerprint density at radius 1 is 1.44 bits per heavy atom. The molecule has 1 aromatic rings. The summed E-state index contributed by atoms with van der Waals surface area (Å²) >= 11 is 11.5. The quantitative estimate of drug-likeness (QED) is 0.820. The van der Waals surface area contributed by atoms with Crippen LogP contribution < -0.4 is 0 Å². The minimum atomic E-state index is -0.882. The van der Waals surface area contributed by atoms with Gasteiger partial charge in [-0.25, -0.2) is 0 Å². The third-order valence-corrected chi connectivity index (χ3v) is 2.57. The van der Waals surface area contributed by atoms with Crippen LogP contribution in [-0.4, -0.2) is 17.0 Å². The zero-order valence-electron chi connectivity index (χ0n) is 8.62. The molecule has 1 N–H and O–H groups in total. The lowest BCUT2D eigenvalue weighted by Gasteiger charge is -2.02. The number of halogens is 2. The fourth-order valence-electron chi connectivity index (χ4n) is 1.26. The molecule has 1 rings (SSSR count). The van der Waals surface area contributed by atoms with Crippen LogP contribution in [0.5, 0.6) is 0 Å². The fraction of sp³-hybridized carbons (Fsp3) is 0.250. The van der Waals surface area contributed by atoms with E-state index in [1.165, 1.54) is 0 Å². The average molecular weight is 259 g/mol. The highest BCUT2D eigenvalue weighted by molar-refractivity contribution is 6.31. The molecule has 86 valence electrons. The molecule has 0 bridgehead atoms. The molecule has 0 aliphatic carbocycles. The normalized spacial score (nSPS) is 10.9. The predicted octanol–water partition coefficient (Wildman–Crippen LogP) is 3.61. The summed E-state index contributed by atoms with van der Waals surface area (Å²) in [4.78, 5) is 10.5. The number of benzene rings is 1. The molecule has 1 aromatic carbocycles. The highest BCUT2D eigenvalue weighted by Gasteiger charge is 2.05. The lowest BCUT2D eigenvalue weighted by Crippen LogP contribution is -2.00. The second kappa shape index (κ2) is 6.56. The topological polar surface area (TPSA) is 37.3 Å². The summed E-state index contributed by atoms with van der Waals surface area (Å²) in [5.74, 6) is -0.297. The lowest BCUT2D eigenvalue weighted by molar-refractivity contribution is -0.136. The van der Waals surface area contributed by atoms with Crippen LogP contribution in [0.3, 0.4) is 0 Å². The van der Waals surface area contributed by atoms with Gasteiger partial charge in [0.05, 0.1) is 6.42 Å². The van der Waals surface area contributed by atoms with Crippen molar-refractivity contribution in [1.29, 1.82) is 0 Å². The van der Waals surface area contributed by atoms with Gasteiger partial charge in [-0.15, -0.1) is 11.6 Å². The van der Waals surface area contributed by atoms with Crippen LogP contribution in [0.25, 0.3) is 6.08 Å². The molecule has 0 saturated heterocycles. The van der Waals surface area contributed by atoms with Gasteiger partial charge in [0, 0.05) is 10.9 Å². The number of rotatable bonds is 5. The molecular formula is C12H12Cl2O2. The second-order valence-corrected chi connectivity index (χ2v) is 4.09. The first kappa shape index (κ1) is 13.1. The molecule has 0 fully saturated rings. The Morgan fingerprint density at radius 3 is 2.75 bits per heavy atom. The van der Waals surface area contributed by atoms with Crippen molar-refractivity contribution in [2.24, 2.45) is 0 Å². The van der Waals surface area contributed by atoms with Gasteiger partial charge in [-0.1, -0.05) is 35.9 Å². The van der Waals surface area contributed by atoms with Crippen molar-refractivity contribution in [3.63, 3.8) is 0 Å². The number of aliphatic carboxylic acids is 1. The number of allylic oxidation sites excluding steroid dienone is 1. The Kier molecular flexibility index (Phi) is 5.36. The molecule has 2 nitrogen and oxygen atoms in total. The molecule has 0 aliphatic heterocycles. The van der Waals surface area contributed by atoms with E-state index in [1.807, 2.05) is 18.2 Å². The van der Waals surface area contributed by atoms with Gasteiger partial charge in [-0.3, -0.25) is 4.79 Å². The molecule has 0 atom stereocenters. The Morgan fingerprint density at radius 2 is 2.19 bits per heavy atom. The summed E-state index contributed by atoms with van der Waals surface area (Å²) in [5.41, 5.74) is 1.58. The number of alkyl halides is 1. The van der Waals surface area contributed by atoms with Crippen LogP contribution in [0.15, 0.2) is 24.3 Å². The molecule has 0 amide bonds. The molecule has 0 aliphatic rings. The summed E-state index contributed by atoms with van der Waals surface area (Å²) in [6, 6.07) is 5.33. The summed E-state index contributed by atoms with van der Waals surface area (Å²) < 4.78 is 0. The average Bonchev–Trinajstić information content (AvgIpc) is 2.22. The minimum Gasteiger partial charge on any atom is -0.481 e. The Labute approximate surface area is 104 Å². The third kappa shape index (κ3) is 4.25. The van der Waals surface area contributed by atoms with Gasteiger partial charge < -0.3 is 5.11 Å². The lowest BCUT2D eigenvalue weighted by atomic mass is 10.1. The highest BCUT2D eigenvalue weighted by atomic mass is 35.5. The summed E-state index contributed by atoms with van der Waals surface area (Å²) in [6.07, 6.45) is 4.62. The van der Waals surface area contributed by atoms with Gasteiger partial charge in [0.25, 0.3) is 0 Å². The Bertz CT molecular complexity index is 400. The van der Waals surface area contributed by atoms with Gasteiger partial charge >= 0.3 is 5.97 Å². The van der Waals surface area contributed by atoms with E-state index in [9.17, 15) is 4.79 Å². The van der Waals surface area contributed by atoms with Gasteiger partial charge in [0.1, 0.15) is 0 Å². The van der Waals surface area contributed by atoms with Gasteiger partial charge in [-0.05, 0) is 23.6 Å². The van der Waals surface area contributed by atoms with Crippen LogP contribution in [0, 0.1) is 0 Å². The van der Waals surface area contributed by atoms with Crippen LogP contribution in [0.2, 0.25) is 5.02 Å². The van der Waals surface area contributed by atoms with E-state index in [-0.39, 0.29) is 6.42 Å². The smallest absolute Gasteiger partial charge is 0.307 e. The molecule has 0 heterocycles. The highest BCUT2D eigenvalue weighted by Crippen LogP contribution is 2.19. The summed E-state index contributed by atoms with van der Waals surface area (Å²) in [7, 11) is 0. The van der Waals surface area contributed by atoms with Crippen LogP contribution in [0.4, 0.5) is 0 Å². The first-order valence-corrected chi connectivity index (χ1v) is 5.77. The molecule has 16 heavy (non-hydrogen) atoms. The summed E-state index contributed by atoms with van der Waals surface area (Å²) in [6.45, 7) is 0. The molecule has 0 spiro atoms. The number of carbonyl (C=O) groups is 1. The van der Waals surface area contributed by atoms with E-state index in [2.05, 4.69) is 0 Å². The minimum absolute atomic E-state index is 0.0511.